The van der Waals surface area contributed by atoms with Gasteiger partial charge in [0.15, 0.2) is 8.07 Å². The summed E-state index contributed by atoms with van der Waals surface area (Å²) < 4.78 is 0. The standard InChI is InChI=1S/C16H33BPSi/c1-13(2)19(14(3)4,15(5)6)12-11-18(10,17)16(7,8)9/h13-15H,1-10H3/q+1. The molecule has 0 aliphatic rings. The van der Waals surface area contributed by atoms with Crippen molar-refractivity contribution in [2.45, 2.75) is 84.1 Å². The lowest BCUT2D eigenvalue weighted by Crippen LogP contribution is -2.43. The van der Waals surface area contributed by atoms with Gasteiger partial charge in [-0.2, -0.15) is 0 Å². The van der Waals surface area contributed by atoms with Crippen LogP contribution in [0.4, 0.5) is 0 Å². The fourth-order valence-corrected chi connectivity index (χ4v) is 9.72. The van der Waals surface area contributed by atoms with Gasteiger partial charge in [-0.05, 0) is 37.4 Å². The first-order valence-corrected chi connectivity index (χ1v) is 12.0. The van der Waals surface area contributed by atoms with Crippen LogP contribution in [-0.2, 0) is 0 Å². The lowest BCUT2D eigenvalue weighted by molar-refractivity contribution is 0.788. The van der Waals surface area contributed by atoms with Gasteiger partial charge in [-0.25, -0.2) is 0 Å². The van der Waals surface area contributed by atoms with Crippen LogP contribution in [0.15, 0.2) is 0 Å². The summed E-state index contributed by atoms with van der Waals surface area (Å²) >= 11 is 0. The van der Waals surface area contributed by atoms with Crippen molar-refractivity contribution in [3.63, 3.8) is 0 Å². The highest BCUT2D eigenvalue weighted by Crippen LogP contribution is 2.61. The van der Waals surface area contributed by atoms with Crippen molar-refractivity contribution in [1.29, 1.82) is 0 Å². The molecule has 2 radical (unpaired) electrons. The van der Waals surface area contributed by atoms with Gasteiger partial charge in [-0.3, -0.25) is 0 Å². The average Bonchev–Trinajstić information content (AvgIpc) is 2.14. The molecular formula is C16H33BPSi+. The van der Waals surface area contributed by atoms with Crippen molar-refractivity contribution in [2.24, 2.45) is 0 Å². The third-order valence-corrected chi connectivity index (χ3v) is 14.6. The summed E-state index contributed by atoms with van der Waals surface area (Å²) in [5.74, 6) is 0. The van der Waals surface area contributed by atoms with Crippen molar-refractivity contribution in [2.75, 3.05) is 6.66 Å². The molecule has 0 aliphatic carbocycles. The zero-order valence-electron chi connectivity index (χ0n) is 14.8. The van der Waals surface area contributed by atoms with Crippen LogP contribution in [0, 0.1) is 11.2 Å². The molecule has 0 aromatic carbocycles. The normalized spacial score (nSPS) is 16.5. The topological polar surface area (TPSA) is 0 Å². The Hall–Kier alpha value is 0.272. The van der Waals surface area contributed by atoms with Crippen molar-refractivity contribution >= 4 is 22.8 Å². The van der Waals surface area contributed by atoms with Gasteiger partial charge in [0.1, 0.15) is 0 Å². The first-order valence-electron chi connectivity index (χ1n) is 7.48. The fourth-order valence-electron chi connectivity index (χ4n) is 2.81. The van der Waals surface area contributed by atoms with Crippen molar-refractivity contribution in [3.8, 4) is 11.2 Å². The number of hydrogen-bond donors (Lipinski definition) is 0. The summed E-state index contributed by atoms with van der Waals surface area (Å²) in [7, 11) is 3.26. The van der Waals surface area contributed by atoms with Crippen LogP contribution < -0.4 is 0 Å². The smallest absolute Gasteiger partial charge is 0.0902 e. The van der Waals surface area contributed by atoms with Crippen molar-refractivity contribution < 1.29 is 0 Å². The van der Waals surface area contributed by atoms with E-state index in [9.17, 15) is 0 Å². The molecule has 0 aliphatic heterocycles. The molecule has 0 aromatic rings. The van der Waals surface area contributed by atoms with Gasteiger partial charge in [0.25, 0.3) is 0 Å². The number of hydrogen-bond acceptors (Lipinski definition) is 0. The van der Waals surface area contributed by atoms with E-state index >= 15 is 0 Å². The summed E-state index contributed by atoms with van der Waals surface area (Å²) in [4.78, 5) is 0. The van der Waals surface area contributed by atoms with Crippen LogP contribution in [0.1, 0.15) is 62.3 Å². The largest absolute Gasteiger partial charge is 0.381 e. The summed E-state index contributed by atoms with van der Waals surface area (Å²) in [6.07, 6.45) is 0. The lowest BCUT2D eigenvalue weighted by atomic mass is 10.3. The maximum Gasteiger partial charge on any atom is 0.381 e. The van der Waals surface area contributed by atoms with E-state index in [1.807, 2.05) is 0 Å². The van der Waals surface area contributed by atoms with Gasteiger partial charge in [0, 0.05) is 19.5 Å². The molecule has 0 saturated carbocycles. The van der Waals surface area contributed by atoms with Gasteiger partial charge < -0.3 is 0 Å². The molecule has 0 fully saturated rings. The molecule has 0 N–H and O–H groups in total. The molecule has 1 unspecified atom stereocenters. The van der Waals surface area contributed by atoms with Gasteiger partial charge in [0.05, 0.1) is 5.16 Å². The van der Waals surface area contributed by atoms with Gasteiger partial charge in [-0.1, -0.05) is 47.1 Å². The molecule has 3 heteroatoms. The maximum absolute atomic E-state index is 6.56. The Morgan fingerprint density at radius 1 is 0.895 bits per heavy atom. The Morgan fingerprint density at radius 2 is 1.21 bits per heavy atom. The minimum Gasteiger partial charge on any atom is -0.0902 e. The highest BCUT2D eigenvalue weighted by Gasteiger charge is 2.44. The second-order valence-corrected chi connectivity index (χ2v) is 17.2. The Balaban J connectivity index is 5.75. The molecular weight excluding hydrogens is 262 g/mol. The molecule has 0 heterocycles. The van der Waals surface area contributed by atoms with Crippen LogP contribution in [0.5, 0.6) is 0 Å². The third kappa shape index (κ3) is 4.12. The van der Waals surface area contributed by atoms with E-state index in [-0.39, 0.29) is 5.16 Å². The first kappa shape index (κ1) is 19.3. The van der Waals surface area contributed by atoms with Gasteiger partial charge in [-0.15, -0.1) is 0 Å². The minimum absolute atomic E-state index is 0.116. The second kappa shape index (κ2) is 6.36. The Morgan fingerprint density at radius 3 is 1.42 bits per heavy atom. The van der Waals surface area contributed by atoms with E-state index in [1.165, 1.54) is 0 Å². The molecule has 108 valence electrons. The van der Waals surface area contributed by atoms with Crippen LogP contribution in [-0.4, -0.2) is 27.5 Å². The van der Waals surface area contributed by atoms with E-state index in [0.29, 0.717) is 16.6 Å². The second-order valence-electron chi connectivity index (χ2n) is 7.88. The quantitative estimate of drug-likeness (QED) is 0.356. The van der Waals surface area contributed by atoms with Crippen LogP contribution in [0.25, 0.3) is 0 Å². The molecule has 0 spiro atoms. The van der Waals surface area contributed by atoms with Crippen LogP contribution >= 0.6 is 7.14 Å². The molecule has 0 rings (SSSR count). The molecule has 19 heavy (non-hydrogen) atoms. The summed E-state index contributed by atoms with van der Waals surface area (Å²) in [5.41, 5.74) is 9.42. The van der Waals surface area contributed by atoms with E-state index < -0.39 is 15.2 Å². The average molecular weight is 295 g/mol. The van der Waals surface area contributed by atoms with Gasteiger partial charge in [0.2, 0.25) is 0 Å². The van der Waals surface area contributed by atoms with Crippen LogP contribution in [0.3, 0.4) is 0 Å². The minimum atomic E-state index is -1.67. The summed E-state index contributed by atoms with van der Waals surface area (Å²) in [5, 5.41) is 0.116. The summed E-state index contributed by atoms with van der Waals surface area (Å²) in [6, 6.07) is 0. The van der Waals surface area contributed by atoms with Gasteiger partial charge >= 0.3 is 7.57 Å². The maximum atomic E-state index is 6.56. The molecule has 1 atom stereocenters. The van der Waals surface area contributed by atoms with Crippen LogP contribution in [0.2, 0.25) is 16.6 Å². The Kier molecular flexibility index (Phi) is 6.45. The summed E-state index contributed by atoms with van der Waals surface area (Å²) in [6.45, 7) is 23.0. The number of rotatable bonds is 3. The molecule has 0 nitrogen and oxygen atoms in total. The zero-order chi connectivity index (χ0) is 15.6. The monoisotopic (exact) mass is 295 g/mol. The van der Waals surface area contributed by atoms with E-state index in [2.05, 4.69) is 80.2 Å². The fraction of sp³-hybridized carbons (Fsp3) is 0.875. The van der Waals surface area contributed by atoms with E-state index in [4.69, 9.17) is 7.57 Å². The third-order valence-electron chi connectivity index (χ3n) is 4.76. The molecule has 0 amide bonds. The molecule has 0 saturated heterocycles. The Bertz CT molecular complexity index is 331. The SMILES string of the molecule is [B][P+](C)(C#C[Si](C(C)C)(C(C)C)C(C)C)C(C)(C)C. The highest BCUT2D eigenvalue weighted by atomic mass is 31.2. The predicted octanol–water partition coefficient (Wildman–Crippen LogP) is 5.69. The van der Waals surface area contributed by atoms with E-state index in [1.54, 1.807) is 0 Å². The van der Waals surface area contributed by atoms with Crippen molar-refractivity contribution in [1.82, 2.24) is 0 Å². The van der Waals surface area contributed by atoms with E-state index in [0.717, 1.165) is 0 Å². The predicted molar refractivity (Wildman–Crippen MR) is 97.2 cm³/mol. The lowest BCUT2D eigenvalue weighted by Gasteiger charge is -2.38. The zero-order valence-corrected chi connectivity index (χ0v) is 16.7. The van der Waals surface area contributed by atoms with Crippen molar-refractivity contribution in [3.05, 3.63) is 0 Å². The molecule has 0 bridgehead atoms. The highest BCUT2D eigenvalue weighted by molar-refractivity contribution is 8.01. The Labute approximate surface area is 125 Å². The molecule has 0 aromatic heterocycles. The first-order chi connectivity index (χ1) is 8.29.